The monoisotopic (exact) mass is 248 g/mol. The van der Waals surface area contributed by atoms with Crippen LogP contribution in [0.1, 0.15) is 25.0 Å². The summed E-state index contributed by atoms with van der Waals surface area (Å²) in [6, 6.07) is 6.54. The number of benzene rings is 1. The van der Waals surface area contributed by atoms with Crippen LogP contribution >= 0.6 is 0 Å². The minimum Gasteiger partial charge on any atom is -0.490 e. The van der Waals surface area contributed by atoms with Crippen LogP contribution in [0, 0.1) is 0 Å². The summed E-state index contributed by atoms with van der Waals surface area (Å²) in [5.41, 5.74) is 2.71. The molecule has 1 aliphatic rings. The van der Waals surface area contributed by atoms with E-state index in [4.69, 9.17) is 4.74 Å². The number of rotatable bonds is 6. The first-order valence-electron chi connectivity index (χ1n) is 6.86. The van der Waals surface area contributed by atoms with Gasteiger partial charge in [-0.15, -0.1) is 0 Å². The first-order valence-corrected chi connectivity index (χ1v) is 6.86. The van der Waals surface area contributed by atoms with E-state index in [2.05, 4.69) is 49.3 Å². The van der Waals surface area contributed by atoms with Gasteiger partial charge < -0.3 is 15.0 Å². The second kappa shape index (κ2) is 6.21. The van der Waals surface area contributed by atoms with Crippen molar-refractivity contribution in [3.05, 3.63) is 29.3 Å². The van der Waals surface area contributed by atoms with Gasteiger partial charge in [0.25, 0.3) is 0 Å². The molecule has 0 fully saturated rings. The fraction of sp³-hybridized carbons (Fsp3) is 0.600. The highest BCUT2D eigenvalue weighted by Gasteiger charge is 2.18. The zero-order valence-corrected chi connectivity index (χ0v) is 11.7. The molecule has 0 saturated heterocycles. The zero-order valence-electron chi connectivity index (χ0n) is 11.7. The molecular formula is C15H24N2O. The third-order valence-corrected chi connectivity index (χ3v) is 3.50. The first kappa shape index (κ1) is 13.4. The van der Waals surface area contributed by atoms with Crippen LogP contribution in [0.5, 0.6) is 5.75 Å². The van der Waals surface area contributed by atoms with E-state index in [9.17, 15) is 0 Å². The Hall–Kier alpha value is -1.06. The average Bonchev–Trinajstić information content (AvgIpc) is 2.73. The van der Waals surface area contributed by atoms with E-state index in [1.54, 1.807) is 0 Å². The number of likely N-dealkylation sites (N-methyl/N-ethyl adjacent to an activating group) is 1. The summed E-state index contributed by atoms with van der Waals surface area (Å²) in [6.07, 6.45) is 1.38. The summed E-state index contributed by atoms with van der Waals surface area (Å²) in [7, 11) is 2.15. The van der Waals surface area contributed by atoms with Crippen molar-refractivity contribution < 1.29 is 4.74 Å². The van der Waals surface area contributed by atoms with Crippen molar-refractivity contribution in [3.63, 3.8) is 0 Å². The van der Waals surface area contributed by atoms with Crippen molar-refractivity contribution in [2.24, 2.45) is 0 Å². The average molecular weight is 248 g/mol. The summed E-state index contributed by atoms with van der Waals surface area (Å²) >= 11 is 0. The second-order valence-corrected chi connectivity index (χ2v) is 5.15. The van der Waals surface area contributed by atoms with Gasteiger partial charge in [0.15, 0.2) is 0 Å². The van der Waals surface area contributed by atoms with Gasteiger partial charge >= 0.3 is 0 Å². The molecule has 0 spiro atoms. The molecule has 1 aromatic rings. The molecule has 1 aromatic carbocycles. The molecule has 3 nitrogen and oxygen atoms in total. The van der Waals surface area contributed by atoms with E-state index in [1.165, 1.54) is 11.1 Å². The SMILES string of the molecule is CCN(C)CCNCc1ccc2c(c1)CC(C)O2. The fourth-order valence-corrected chi connectivity index (χ4v) is 2.25. The Kier molecular flexibility index (Phi) is 4.61. The maximum atomic E-state index is 5.71. The zero-order chi connectivity index (χ0) is 13.0. The standard InChI is InChI=1S/C15H24N2O/c1-4-17(3)8-7-16-11-13-5-6-15-14(10-13)9-12(2)18-15/h5-6,10,12,16H,4,7-9,11H2,1-3H3. The molecular weight excluding hydrogens is 224 g/mol. The van der Waals surface area contributed by atoms with Crippen LogP contribution in [-0.4, -0.2) is 37.7 Å². The molecule has 18 heavy (non-hydrogen) atoms. The van der Waals surface area contributed by atoms with Crippen LogP contribution in [0.2, 0.25) is 0 Å². The molecule has 1 N–H and O–H groups in total. The van der Waals surface area contributed by atoms with Crippen LogP contribution < -0.4 is 10.1 Å². The third kappa shape index (κ3) is 3.47. The Morgan fingerprint density at radius 3 is 3.06 bits per heavy atom. The van der Waals surface area contributed by atoms with Gasteiger partial charge in [-0.05, 0) is 37.7 Å². The molecule has 1 atom stereocenters. The van der Waals surface area contributed by atoms with Gasteiger partial charge in [0.1, 0.15) is 11.9 Å². The molecule has 0 aliphatic carbocycles. The second-order valence-electron chi connectivity index (χ2n) is 5.15. The lowest BCUT2D eigenvalue weighted by atomic mass is 10.1. The number of ether oxygens (including phenoxy) is 1. The van der Waals surface area contributed by atoms with E-state index in [1.807, 2.05) is 0 Å². The fourth-order valence-electron chi connectivity index (χ4n) is 2.25. The molecule has 1 unspecified atom stereocenters. The highest BCUT2D eigenvalue weighted by atomic mass is 16.5. The molecule has 0 aromatic heterocycles. The number of hydrogen-bond donors (Lipinski definition) is 1. The number of fused-ring (bicyclic) bond motifs is 1. The van der Waals surface area contributed by atoms with Crippen molar-refractivity contribution in [1.82, 2.24) is 10.2 Å². The molecule has 0 amide bonds. The normalized spacial score (nSPS) is 17.9. The highest BCUT2D eigenvalue weighted by Crippen LogP contribution is 2.29. The molecule has 1 aliphatic heterocycles. The van der Waals surface area contributed by atoms with Crippen LogP contribution in [0.3, 0.4) is 0 Å². The summed E-state index contributed by atoms with van der Waals surface area (Å²) in [6.45, 7) is 8.49. The van der Waals surface area contributed by atoms with Gasteiger partial charge in [0, 0.05) is 26.1 Å². The largest absolute Gasteiger partial charge is 0.490 e. The predicted molar refractivity (Wildman–Crippen MR) is 75.1 cm³/mol. The van der Waals surface area contributed by atoms with Crippen molar-refractivity contribution in [2.45, 2.75) is 32.9 Å². The molecule has 0 saturated carbocycles. The topological polar surface area (TPSA) is 24.5 Å². The van der Waals surface area contributed by atoms with Crippen LogP contribution in [0.25, 0.3) is 0 Å². The molecule has 0 bridgehead atoms. The Labute approximate surface area is 110 Å². The smallest absolute Gasteiger partial charge is 0.123 e. The van der Waals surface area contributed by atoms with Gasteiger partial charge in [-0.3, -0.25) is 0 Å². The van der Waals surface area contributed by atoms with E-state index < -0.39 is 0 Å². The van der Waals surface area contributed by atoms with Gasteiger partial charge in [-0.2, -0.15) is 0 Å². The quantitative estimate of drug-likeness (QED) is 0.780. The van der Waals surface area contributed by atoms with Gasteiger partial charge in [-0.1, -0.05) is 19.1 Å². The van der Waals surface area contributed by atoms with E-state index in [-0.39, 0.29) is 0 Å². The van der Waals surface area contributed by atoms with Gasteiger partial charge in [-0.25, -0.2) is 0 Å². The third-order valence-electron chi connectivity index (χ3n) is 3.50. The van der Waals surface area contributed by atoms with E-state index in [0.717, 1.165) is 38.3 Å². The Morgan fingerprint density at radius 2 is 2.28 bits per heavy atom. The molecule has 1 heterocycles. The Bertz CT molecular complexity index is 392. The van der Waals surface area contributed by atoms with E-state index in [0.29, 0.717) is 6.10 Å². The van der Waals surface area contributed by atoms with Crippen molar-refractivity contribution in [2.75, 3.05) is 26.7 Å². The number of nitrogens with zero attached hydrogens (tertiary/aromatic N) is 1. The Balaban J connectivity index is 1.79. The summed E-state index contributed by atoms with van der Waals surface area (Å²) in [4.78, 5) is 2.31. The van der Waals surface area contributed by atoms with Crippen molar-refractivity contribution in [1.29, 1.82) is 0 Å². The van der Waals surface area contributed by atoms with Gasteiger partial charge in [0.2, 0.25) is 0 Å². The van der Waals surface area contributed by atoms with Crippen LogP contribution in [0.15, 0.2) is 18.2 Å². The Morgan fingerprint density at radius 1 is 1.44 bits per heavy atom. The maximum Gasteiger partial charge on any atom is 0.123 e. The number of nitrogens with one attached hydrogen (secondary N) is 1. The van der Waals surface area contributed by atoms with Crippen LogP contribution in [0.4, 0.5) is 0 Å². The highest BCUT2D eigenvalue weighted by molar-refractivity contribution is 5.40. The molecule has 2 rings (SSSR count). The lowest BCUT2D eigenvalue weighted by Crippen LogP contribution is -2.28. The minimum absolute atomic E-state index is 0.335. The van der Waals surface area contributed by atoms with Crippen LogP contribution in [-0.2, 0) is 13.0 Å². The summed E-state index contributed by atoms with van der Waals surface area (Å²) in [5.74, 6) is 1.07. The summed E-state index contributed by atoms with van der Waals surface area (Å²) < 4.78 is 5.71. The molecule has 3 heteroatoms. The van der Waals surface area contributed by atoms with E-state index >= 15 is 0 Å². The van der Waals surface area contributed by atoms with Gasteiger partial charge in [0.05, 0.1) is 0 Å². The van der Waals surface area contributed by atoms with Crippen molar-refractivity contribution >= 4 is 0 Å². The maximum absolute atomic E-state index is 5.71. The number of hydrogen-bond acceptors (Lipinski definition) is 3. The minimum atomic E-state index is 0.335. The summed E-state index contributed by atoms with van der Waals surface area (Å²) in [5, 5.41) is 3.49. The molecule has 0 radical (unpaired) electrons. The lowest BCUT2D eigenvalue weighted by molar-refractivity contribution is 0.254. The molecule has 100 valence electrons. The lowest BCUT2D eigenvalue weighted by Gasteiger charge is -2.14. The first-order chi connectivity index (χ1) is 8.69. The predicted octanol–water partition coefficient (Wildman–Crippen LogP) is 2.05. The van der Waals surface area contributed by atoms with Crippen molar-refractivity contribution in [3.8, 4) is 5.75 Å².